The van der Waals surface area contributed by atoms with Crippen LogP contribution >= 0.6 is 33.2 Å². The van der Waals surface area contributed by atoms with Crippen molar-refractivity contribution in [3.8, 4) is 5.75 Å². The number of hydrogen-bond donors (Lipinski definition) is 0. The molecule has 0 aromatic heterocycles. The number of alkyl halides is 1. The van der Waals surface area contributed by atoms with Crippen molar-refractivity contribution in [2.24, 2.45) is 0 Å². The van der Waals surface area contributed by atoms with E-state index in [1.54, 1.807) is 17.9 Å². The average Bonchev–Trinajstić information content (AvgIpc) is 2.73. The van der Waals surface area contributed by atoms with Crippen molar-refractivity contribution in [1.82, 2.24) is 0 Å². The highest BCUT2D eigenvalue weighted by atomic mass is 35.5. The minimum Gasteiger partial charge on any atom is -0.497 e. The third-order valence-electron chi connectivity index (χ3n) is 4.06. The summed E-state index contributed by atoms with van der Waals surface area (Å²) in [4.78, 5) is 23.5. The minimum atomic E-state index is -0.779. The van der Waals surface area contributed by atoms with Crippen LogP contribution in [0.1, 0.15) is 25.3 Å². The fourth-order valence-electron chi connectivity index (χ4n) is 2.52. The monoisotopic (exact) mass is 472 g/mol. The van der Waals surface area contributed by atoms with Crippen molar-refractivity contribution in [2.75, 3.05) is 31.8 Å². The average molecular weight is 473 g/mol. The number of ether oxygens (including phenoxy) is 4. The zero-order valence-electron chi connectivity index (χ0n) is 17.1. The molecule has 2 rings (SSSR count). The van der Waals surface area contributed by atoms with E-state index in [1.165, 1.54) is 17.7 Å². The molecule has 0 bridgehead atoms. The van der Waals surface area contributed by atoms with E-state index in [4.69, 9.17) is 25.8 Å². The topological polar surface area (TPSA) is 71.1 Å². The fraction of sp³-hybridized carbons (Fsp3) is 0.429. The van der Waals surface area contributed by atoms with Crippen molar-refractivity contribution < 1.29 is 28.5 Å². The second kappa shape index (κ2) is 12.8. The van der Waals surface area contributed by atoms with E-state index in [9.17, 15) is 9.59 Å². The van der Waals surface area contributed by atoms with Crippen LogP contribution in [0.5, 0.6) is 5.75 Å². The number of esters is 1. The highest BCUT2D eigenvalue weighted by molar-refractivity contribution is 8.76. The van der Waals surface area contributed by atoms with E-state index >= 15 is 0 Å². The summed E-state index contributed by atoms with van der Waals surface area (Å²) in [5.41, 5.74) is 0.199. The second-order valence-corrected chi connectivity index (χ2v) is 9.58. The molecule has 2 atom stereocenters. The maximum Gasteiger partial charge on any atom is 0.509 e. The number of hydrogen-bond acceptors (Lipinski definition) is 8. The summed E-state index contributed by atoms with van der Waals surface area (Å²) >= 11 is 5.52. The largest absolute Gasteiger partial charge is 0.509 e. The van der Waals surface area contributed by atoms with Crippen LogP contribution in [0, 0.1) is 0 Å². The molecule has 0 spiro atoms. The van der Waals surface area contributed by atoms with E-state index < -0.39 is 11.7 Å². The van der Waals surface area contributed by atoms with Crippen molar-refractivity contribution in [3.63, 3.8) is 0 Å². The van der Waals surface area contributed by atoms with Crippen LogP contribution in [0.4, 0.5) is 4.79 Å². The Morgan fingerprint density at radius 1 is 0.967 bits per heavy atom. The van der Waals surface area contributed by atoms with Gasteiger partial charge in [0.1, 0.15) is 19.0 Å². The molecule has 6 nitrogen and oxygen atoms in total. The highest BCUT2D eigenvalue weighted by Gasteiger charge is 2.17. The van der Waals surface area contributed by atoms with Gasteiger partial charge in [0, 0.05) is 11.5 Å². The maximum absolute atomic E-state index is 12.3. The van der Waals surface area contributed by atoms with Gasteiger partial charge in [0.05, 0.1) is 13.0 Å². The first-order valence-corrected chi connectivity index (χ1v) is 12.3. The quantitative estimate of drug-likeness (QED) is 0.181. The maximum atomic E-state index is 12.3. The van der Waals surface area contributed by atoms with E-state index in [2.05, 4.69) is 4.74 Å². The molecule has 2 aromatic rings. The van der Waals surface area contributed by atoms with Gasteiger partial charge in [-0.2, -0.15) is 0 Å². The number of benzene rings is 2. The molecule has 0 aliphatic carbocycles. The summed E-state index contributed by atoms with van der Waals surface area (Å²) in [6, 6.07) is 11.8. The summed E-state index contributed by atoms with van der Waals surface area (Å²) in [5.74, 6) is 1.44. The molecule has 0 aliphatic rings. The molecule has 164 valence electrons. The molecule has 0 heterocycles. The molecule has 0 saturated carbocycles. The first-order chi connectivity index (χ1) is 14.4. The van der Waals surface area contributed by atoms with Gasteiger partial charge in [0.2, 0.25) is 0 Å². The predicted octanol–water partition coefficient (Wildman–Crippen LogP) is 5.61. The summed E-state index contributed by atoms with van der Waals surface area (Å²) < 4.78 is 20.1. The van der Waals surface area contributed by atoms with Crippen LogP contribution in [-0.2, 0) is 19.0 Å². The third kappa shape index (κ3) is 8.16. The van der Waals surface area contributed by atoms with Gasteiger partial charge in [0.15, 0.2) is 5.56 Å². The number of carbonyl (C=O) groups excluding carboxylic acids is 2. The van der Waals surface area contributed by atoms with Gasteiger partial charge in [-0.3, -0.25) is 4.79 Å². The summed E-state index contributed by atoms with van der Waals surface area (Å²) in [5, 5.41) is 2.10. The van der Waals surface area contributed by atoms with Crippen LogP contribution in [-0.4, -0.2) is 49.5 Å². The van der Waals surface area contributed by atoms with Crippen LogP contribution in [0.2, 0.25) is 0 Å². The van der Waals surface area contributed by atoms with Gasteiger partial charge in [-0.15, -0.1) is 0 Å². The normalized spacial score (nSPS) is 12.8. The zero-order chi connectivity index (χ0) is 21.9. The lowest BCUT2D eigenvalue weighted by atomic mass is 9.98. The Morgan fingerprint density at radius 2 is 1.60 bits per heavy atom. The fourth-order valence-corrected chi connectivity index (χ4v) is 4.25. The van der Waals surface area contributed by atoms with E-state index in [-0.39, 0.29) is 18.5 Å². The molecule has 30 heavy (non-hydrogen) atoms. The van der Waals surface area contributed by atoms with Gasteiger partial charge in [-0.1, -0.05) is 57.5 Å². The van der Waals surface area contributed by atoms with Gasteiger partial charge in [-0.25, -0.2) is 4.79 Å². The van der Waals surface area contributed by atoms with Crippen molar-refractivity contribution >= 4 is 56.1 Å². The molecular formula is C21H25ClO6S2. The molecule has 0 amide bonds. The first kappa shape index (κ1) is 24.5. The molecular weight excluding hydrogens is 448 g/mol. The van der Waals surface area contributed by atoms with E-state index in [1.807, 2.05) is 43.3 Å². The Labute approximate surface area is 189 Å². The van der Waals surface area contributed by atoms with Crippen molar-refractivity contribution in [2.45, 2.75) is 25.3 Å². The third-order valence-corrected chi connectivity index (χ3v) is 6.49. The van der Waals surface area contributed by atoms with Gasteiger partial charge >= 0.3 is 12.1 Å². The molecule has 0 fully saturated rings. The van der Waals surface area contributed by atoms with Gasteiger partial charge in [-0.05, 0) is 42.3 Å². The van der Waals surface area contributed by atoms with E-state index in [0.717, 1.165) is 22.1 Å². The SMILES string of the molecule is COc1ccc2cc([C@H](C)C(=O)OCCSSCCOC(=O)OC(C)Cl)ccc2c1. The van der Waals surface area contributed by atoms with Gasteiger partial charge in [0.25, 0.3) is 0 Å². The Morgan fingerprint density at radius 3 is 2.27 bits per heavy atom. The molecule has 0 aliphatic heterocycles. The lowest BCUT2D eigenvalue weighted by molar-refractivity contribution is -0.144. The van der Waals surface area contributed by atoms with Crippen molar-refractivity contribution in [1.29, 1.82) is 0 Å². The van der Waals surface area contributed by atoms with Crippen LogP contribution < -0.4 is 4.74 Å². The number of methoxy groups -OCH3 is 1. The number of fused-ring (bicyclic) bond motifs is 1. The zero-order valence-corrected chi connectivity index (χ0v) is 19.5. The number of halogens is 1. The standard InChI is InChI=1S/C21H25ClO6S2/c1-14(16-4-5-18-13-19(25-3)7-6-17(18)12-16)20(23)26-8-10-29-30-11-9-27-21(24)28-15(2)22/h4-7,12-15H,8-11H2,1-3H3/t14-,15?/m0/s1. The van der Waals surface area contributed by atoms with Crippen LogP contribution in [0.15, 0.2) is 36.4 Å². The first-order valence-electron chi connectivity index (χ1n) is 9.37. The number of carbonyl (C=O) groups is 2. The Kier molecular flexibility index (Phi) is 10.5. The molecule has 0 N–H and O–H groups in total. The minimum absolute atomic E-state index is 0.227. The smallest absolute Gasteiger partial charge is 0.497 e. The lowest BCUT2D eigenvalue weighted by Gasteiger charge is -2.13. The predicted molar refractivity (Wildman–Crippen MR) is 123 cm³/mol. The molecule has 2 aromatic carbocycles. The van der Waals surface area contributed by atoms with Crippen LogP contribution in [0.3, 0.4) is 0 Å². The van der Waals surface area contributed by atoms with Crippen LogP contribution in [0.25, 0.3) is 10.8 Å². The number of rotatable bonds is 11. The van der Waals surface area contributed by atoms with E-state index in [0.29, 0.717) is 18.1 Å². The molecule has 9 heteroatoms. The Hall–Kier alpha value is -1.77. The Bertz CT molecular complexity index is 845. The van der Waals surface area contributed by atoms with Crippen molar-refractivity contribution in [3.05, 3.63) is 42.0 Å². The van der Waals surface area contributed by atoms with Gasteiger partial charge < -0.3 is 18.9 Å². The highest BCUT2D eigenvalue weighted by Crippen LogP contribution is 2.26. The molecule has 1 unspecified atom stereocenters. The summed E-state index contributed by atoms with van der Waals surface area (Å²) in [6.45, 7) is 3.92. The second-order valence-electron chi connectivity index (χ2n) is 6.26. The molecule has 0 saturated heterocycles. The Balaban J connectivity index is 1.66. The lowest BCUT2D eigenvalue weighted by Crippen LogP contribution is -2.15. The summed E-state index contributed by atoms with van der Waals surface area (Å²) in [6.07, 6.45) is -0.779. The molecule has 0 radical (unpaired) electrons. The summed E-state index contributed by atoms with van der Waals surface area (Å²) in [7, 11) is 4.70.